The Hall–Kier alpha value is -1.76. The summed E-state index contributed by atoms with van der Waals surface area (Å²) < 4.78 is 1.61. The van der Waals surface area contributed by atoms with Gasteiger partial charge in [0.05, 0.1) is 5.69 Å². The van der Waals surface area contributed by atoms with Crippen molar-refractivity contribution in [2.75, 3.05) is 0 Å². The minimum Gasteiger partial charge on any atom is -0.347 e. The molecule has 0 aliphatic heterocycles. The van der Waals surface area contributed by atoms with Crippen molar-refractivity contribution in [3.05, 3.63) is 17.5 Å². The molecule has 1 N–H and O–H groups in total. The predicted molar refractivity (Wildman–Crippen MR) is 67.6 cm³/mol. The number of terminal acetylenes is 1. The summed E-state index contributed by atoms with van der Waals surface area (Å²) in [5.74, 6) is 2.46. The van der Waals surface area contributed by atoms with Crippen molar-refractivity contribution in [3.8, 4) is 12.3 Å². The minimum atomic E-state index is -0.109. The highest BCUT2D eigenvalue weighted by atomic mass is 16.2. The monoisotopic (exact) mass is 233 g/mol. The molecule has 0 aliphatic carbocycles. The Morgan fingerprint density at radius 2 is 2.35 bits per heavy atom. The van der Waals surface area contributed by atoms with Gasteiger partial charge in [-0.1, -0.05) is 13.8 Å². The lowest BCUT2D eigenvalue weighted by molar-refractivity contribution is 0.0927. The van der Waals surface area contributed by atoms with Gasteiger partial charge in [-0.15, -0.1) is 12.3 Å². The van der Waals surface area contributed by atoms with Gasteiger partial charge in [0.25, 0.3) is 5.91 Å². The topological polar surface area (TPSA) is 46.9 Å². The normalized spacial score (nSPS) is 11.9. The van der Waals surface area contributed by atoms with E-state index in [-0.39, 0.29) is 11.9 Å². The fraction of sp³-hybridized carbons (Fsp3) is 0.538. The van der Waals surface area contributed by atoms with E-state index in [0.717, 1.165) is 18.5 Å². The number of rotatable bonds is 5. The molecule has 1 atom stereocenters. The van der Waals surface area contributed by atoms with Crippen LogP contribution in [-0.4, -0.2) is 21.7 Å². The zero-order chi connectivity index (χ0) is 12.8. The zero-order valence-electron chi connectivity index (χ0n) is 10.7. The van der Waals surface area contributed by atoms with Gasteiger partial charge in [0.2, 0.25) is 0 Å². The number of nitrogens with one attached hydrogen (secondary N) is 1. The predicted octanol–water partition coefficient (Wildman–Crippen LogP) is 1.51. The van der Waals surface area contributed by atoms with Crippen molar-refractivity contribution in [2.45, 2.75) is 39.2 Å². The molecular formula is C13H19N3O. The van der Waals surface area contributed by atoms with Crippen LogP contribution in [0, 0.1) is 12.3 Å². The van der Waals surface area contributed by atoms with Crippen LogP contribution in [0.5, 0.6) is 0 Å². The summed E-state index contributed by atoms with van der Waals surface area (Å²) in [6.45, 7) is 4.01. The molecule has 0 radical (unpaired) electrons. The number of aryl methyl sites for hydroxylation is 2. The molecule has 0 saturated carbocycles. The Balaban J connectivity index is 2.75. The summed E-state index contributed by atoms with van der Waals surface area (Å²) in [5.41, 5.74) is 1.50. The van der Waals surface area contributed by atoms with E-state index in [9.17, 15) is 4.79 Å². The summed E-state index contributed by atoms with van der Waals surface area (Å²) in [6, 6.07) is 1.85. The molecule has 1 aromatic heterocycles. The van der Waals surface area contributed by atoms with Crippen LogP contribution in [0.15, 0.2) is 6.07 Å². The van der Waals surface area contributed by atoms with Crippen molar-refractivity contribution in [3.63, 3.8) is 0 Å². The smallest absolute Gasteiger partial charge is 0.269 e. The van der Waals surface area contributed by atoms with Crippen LogP contribution in [0.4, 0.5) is 0 Å². The number of nitrogens with zero attached hydrogens (tertiary/aromatic N) is 2. The lowest BCUT2D eigenvalue weighted by atomic mass is 10.1. The largest absolute Gasteiger partial charge is 0.347 e. The van der Waals surface area contributed by atoms with Crippen LogP contribution in [0.3, 0.4) is 0 Å². The van der Waals surface area contributed by atoms with E-state index in [2.05, 4.69) is 16.3 Å². The first-order valence-corrected chi connectivity index (χ1v) is 5.89. The van der Waals surface area contributed by atoms with Crippen molar-refractivity contribution >= 4 is 5.91 Å². The van der Waals surface area contributed by atoms with E-state index in [4.69, 9.17) is 6.42 Å². The standard InChI is InChI=1S/C13H19N3O/c1-5-8-10(6-2)14-13(17)12-9-11(7-3)15-16(12)4/h1,9-10H,6-8H2,2-4H3,(H,14,17). The molecule has 4 nitrogen and oxygen atoms in total. The lowest BCUT2D eigenvalue weighted by Gasteiger charge is -2.13. The van der Waals surface area contributed by atoms with E-state index in [1.807, 2.05) is 19.9 Å². The second kappa shape index (κ2) is 6.09. The summed E-state index contributed by atoms with van der Waals surface area (Å²) in [7, 11) is 1.77. The molecule has 1 aromatic rings. The number of carbonyl (C=O) groups excluding carboxylic acids is 1. The molecular weight excluding hydrogens is 214 g/mol. The van der Waals surface area contributed by atoms with Gasteiger partial charge >= 0.3 is 0 Å². The van der Waals surface area contributed by atoms with Gasteiger partial charge in [0, 0.05) is 19.5 Å². The first-order chi connectivity index (χ1) is 8.12. The van der Waals surface area contributed by atoms with E-state index in [1.54, 1.807) is 11.7 Å². The average Bonchev–Trinajstić information content (AvgIpc) is 2.70. The van der Waals surface area contributed by atoms with Crippen molar-refractivity contribution in [2.24, 2.45) is 7.05 Å². The molecule has 1 unspecified atom stereocenters. The maximum atomic E-state index is 12.0. The molecule has 0 saturated heterocycles. The Bertz CT molecular complexity index is 428. The first kappa shape index (κ1) is 13.3. The Kier molecular flexibility index (Phi) is 4.77. The fourth-order valence-corrected chi connectivity index (χ4v) is 1.61. The van der Waals surface area contributed by atoms with Crippen molar-refractivity contribution in [1.82, 2.24) is 15.1 Å². The number of hydrogen-bond acceptors (Lipinski definition) is 2. The number of amides is 1. The second-order valence-electron chi connectivity index (χ2n) is 3.98. The lowest BCUT2D eigenvalue weighted by Crippen LogP contribution is -2.35. The van der Waals surface area contributed by atoms with Crippen LogP contribution in [-0.2, 0) is 13.5 Å². The van der Waals surface area contributed by atoms with Crippen molar-refractivity contribution in [1.29, 1.82) is 0 Å². The molecule has 1 rings (SSSR count). The Labute approximate surface area is 102 Å². The van der Waals surface area contributed by atoms with E-state index in [1.165, 1.54) is 0 Å². The van der Waals surface area contributed by atoms with Crippen LogP contribution in [0.1, 0.15) is 42.9 Å². The van der Waals surface area contributed by atoms with Gasteiger partial charge in [-0.2, -0.15) is 5.10 Å². The van der Waals surface area contributed by atoms with Crippen LogP contribution in [0.2, 0.25) is 0 Å². The number of aromatic nitrogens is 2. The molecule has 0 aromatic carbocycles. The second-order valence-corrected chi connectivity index (χ2v) is 3.98. The third-order valence-corrected chi connectivity index (χ3v) is 2.72. The summed E-state index contributed by atoms with van der Waals surface area (Å²) in [4.78, 5) is 12.0. The van der Waals surface area contributed by atoms with Gasteiger partial charge in [-0.25, -0.2) is 0 Å². The molecule has 0 aliphatic rings. The highest BCUT2D eigenvalue weighted by molar-refractivity contribution is 5.92. The van der Waals surface area contributed by atoms with E-state index >= 15 is 0 Å². The quantitative estimate of drug-likeness (QED) is 0.784. The average molecular weight is 233 g/mol. The number of hydrogen-bond donors (Lipinski definition) is 1. The molecule has 0 spiro atoms. The molecule has 0 bridgehead atoms. The third-order valence-electron chi connectivity index (χ3n) is 2.72. The molecule has 17 heavy (non-hydrogen) atoms. The first-order valence-electron chi connectivity index (χ1n) is 5.89. The zero-order valence-corrected chi connectivity index (χ0v) is 10.7. The molecule has 1 heterocycles. The van der Waals surface area contributed by atoms with Gasteiger partial charge in [-0.05, 0) is 18.9 Å². The fourth-order valence-electron chi connectivity index (χ4n) is 1.61. The Morgan fingerprint density at radius 3 is 2.82 bits per heavy atom. The molecule has 0 fully saturated rings. The molecule has 4 heteroatoms. The van der Waals surface area contributed by atoms with Crippen molar-refractivity contribution < 1.29 is 4.79 Å². The maximum Gasteiger partial charge on any atom is 0.269 e. The molecule has 1 amide bonds. The highest BCUT2D eigenvalue weighted by Gasteiger charge is 2.15. The SMILES string of the molecule is C#CCC(CC)NC(=O)c1cc(CC)nn1C. The maximum absolute atomic E-state index is 12.0. The minimum absolute atomic E-state index is 0.0347. The summed E-state index contributed by atoms with van der Waals surface area (Å²) in [6.07, 6.45) is 7.46. The summed E-state index contributed by atoms with van der Waals surface area (Å²) >= 11 is 0. The van der Waals surface area contributed by atoms with Crippen LogP contribution >= 0.6 is 0 Å². The molecule has 92 valence electrons. The van der Waals surface area contributed by atoms with Crippen LogP contribution in [0.25, 0.3) is 0 Å². The van der Waals surface area contributed by atoms with Gasteiger partial charge < -0.3 is 5.32 Å². The van der Waals surface area contributed by atoms with Gasteiger partial charge in [-0.3, -0.25) is 9.48 Å². The number of carbonyl (C=O) groups is 1. The van der Waals surface area contributed by atoms with E-state index in [0.29, 0.717) is 12.1 Å². The van der Waals surface area contributed by atoms with Gasteiger partial charge in [0.15, 0.2) is 0 Å². The van der Waals surface area contributed by atoms with Crippen LogP contribution < -0.4 is 5.32 Å². The van der Waals surface area contributed by atoms with Gasteiger partial charge in [0.1, 0.15) is 5.69 Å². The third kappa shape index (κ3) is 3.35. The highest BCUT2D eigenvalue weighted by Crippen LogP contribution is 2.05. The Morgan fingerprint density at radius 1 is 1.65 bits per heavy atom. The summed E-state index contributed by atoms with van der Waals surface area (Å²) in [5, 5.41) is 7.16. The van der Waals surface area contributed by atoms with E-state index < -0.39 is 0 Å².